The van der Waals surface area contributed by atoms with Crippen LogP contribution in [0.15, 0.2) is 61.3 Å². The Labute approximate surface area is 178 Å². The van der Waals surface area contributed by atoms with Gasteiger partial charge in [0, 0.05) is 18.4 Å². The van der Waals surface area contributed by atoms with Crippen molar-refractivity contribution in [1.82, 2.24) is 14.5 Å². The maximum absolute atomic E-state index is 6.22. The van der Waals surface area contributed by atoms with E-state index in [2.05, 4.69) is 72.1 Å². The molecule has 0 radical (unpaired) electrons. The first-order chi connectivity index (χ1) is 14.6. The van der Waals surface area contributed by atoms with Crippen LogP contribution in [0.1, 0.15) is 36.7 Å². The van der Waals surface area contributed by atoms with Gasteiger partial charge in [0.05, 0.1) is 11.0 Å². The molecule has 156 valence electrons. The maximum Gasteiger partial charge on any atom is 0.152 e. The summed E-state index contributed by atoms with van der Waals surface area (Å²) in [5, 5.41) is 1.13. The highest BCUT2D eigenvalue weighted by molar-refractivity contribution is 6.06. The number of hydrogen-bond acceptors (Lipinski definition) is 4. The number of para-hydroxylation sites is 1. The summed E-state index contributed by atoms with van der Waals surface area (Å²) in [7, 11) is 0. The first-order valence-electron chi connectivity index (χ1n) is 10.5. The van der Waals surface area contributed by atoms with E-state index in [-0.39, 0.29) is 0 Å². The zero-order chi connectivity index (χ0) is 21.5. The van der Waals surface area contributed by atoms with Crippen molar-refractivity contribution in [2.75, 3.05) is 5.73 Å². The molecule has 0 aliphatic heterocycles. The van der Waals surface area contributed by atoms with Crippen molar-refractivity contribution in [3.63, 3.8) is 0 Å². The average molecular weight is 402 g/mol. The van der Waals surface area contributed by atoms with E-state index in [0.717, 1.165) is 60.0 Å². The number of nitrogens with two attached hydrogens (primary N) is 2. The number of benzene rings is 2. The van der Waals surface area contributed by atoms with Crippen LogP contribution in [0, 0.1) is 6.92 Å². The Morgan fingerprint density at radius 3 is 2.43 bits per heavy atom. The summed E-state index contributed by atoms with van der Waals surface area (Å²) in [6.07, 6.45) is 5.52. The van der Waals surface area contributed by atoms with Crippen LogP contribution in [-0.2, 0) is 19.4 Å². The van der Waals surface area contributed by atoms with Crippen molar-refractivity contribution in [2.45, 2.75) is 46.1 Å². The summed E-state index contributed by atoms with van der Waals surface area (Å²) in [5.74, 6) is 1.61. The Morgan fingerprint density at radius 1 is 1.03 bits per heavy atom. The molecule has 0 saturated carbocycles. The lowest BCUT2D eigenvalue weighted by Gasteiger charge is -2.10. The molecule has 0 aliphatic carbocycles. The minimum absolute atomic E-state index is 0.525. The molecule has 5 heteroatoms. The van der Waals surface area contributed by atoms with Crippen molar-refractivity contribution < 1.29 is 0 Å². The third-order valence-electron chi connectivity index (χ3n) is 5.22. The summed E-state index contributed by atoms with van der Waals surface area (Å²) in [5.41, 5.74) is 16.5. The number of imidazole rings is 1. The first kappa shape index (κ1) is 21.4. The van der Waals surface area contributed by atoms with E-state index in [4.69, 9.17) is 10.7 Å². The summed E-state index contributed by atoms with van der Waals surface area (Å²) in [6, 6.07) is 17.0. The van der Waals surface area contributed by atoms with Crippen LogP contribution in [-0.4, -0.2) is 14.5 Å². The third kappa shape index (κ3) is 4.62. The van der Waals surface area contributed by atoms with Crippen LogP contribution in [0.25, 0.3) is 21.9 Å². The Balaban J connectivity index is 0.000000806. The molecule has 0 bridgehead atoms. The highest BCUT2D eigenvalue weighted by Gasteiger charge is 2.15. The van der Waals surface area contributed by atoms with Gasteiger partial charge in [-0.2, -0.15) is 0 Å². The Kier molecular flexibility index (Phi) is 7.07. The summed E-state index contributed by atoms with van der Waals surface area (Å²) >= 11 is 0. The maximum atomic E-state index is 6.22. The molecule has 4 aromatic rings. The number of pyridine rings is 1. The smallest absolute Gasteiger partial charge is 0.152 e. The normalized spacial score (nSPS) is 10.7. The van der Waals surface area contributed by atoms with Crippen molar-refractivity contribution in [3.05, 3.63) is 78.3 Å². The van der Waals surface area contributed by atoms with Crippen molar-refractivity contribution >= 4 is 27.8 Å². The highest BCUT2D eigenvalue weighted by Crippen LogP contribution is 2.29. The molecule has 0 saturated heterocycles. The van der Waals surface area contributed by atoms with E-state index in [1.807, 2.05) is 12.1 Å². The monoisotopic (exact) mass is 401 g/mol. The molecule has 2 aromatic carbocycles. The SMILES string of the molecule is C=CN.CCc1nc2c(N)nc3ccccc3c2n1CCCCc1ccc(C)cc1. The molecule has 2 aromatic heterocycles. The molecule has 0 spiro atoms. The molecule has 0 fully saturated rings. The van der Waals surface area contributed by atoms with E-state index in [1.165, 1.54) is 17.3 Å². The van der Waals surface area contributed by atoms with Gasteiger partial charge in [-0.1, -0.05) is 61.5 Å². The second kappa shape index (κ2) is 9.92. The zero-order valence-electron chi connectivity index (χ0n) is 17.9. The number of rotatable bonds is 6. The minimum Gasteiger partial charge on any atom is -0.405 e. The van der Waals surface area contributed by atoms with Crippen molar-refractivity contribution in [2.24, 2.45) is 5.73 Å². The average Bonchev–Trinajstić information content (AvgIpc) is 3.13. The third-order valence-corrected chi connectivity index (χ3v) is 5.22. The number of aryl methyl sites for hydroxylation is 4. The lowest BCUT2D eigenvalue weighted by atomic mass is 10.1. The predicted molar refractivity (Wildman–Crippen MR) is 127 cm³/mol. The second-order valence-electron chi connectivity index (χ2n) is 7.42. The van der Waals surface area contributed by atoms with Gasteiger partial charge in [-0.25, -0.2) is 9.97 Å². The van der Waals surface area contributed by atoms with E-state index >= 15 is 0 Å². The van der Waals surface area contributed by atoms with Gasteiger partial charge < -0.3 is 16.0 Å². The van der Waals surface area contributed by atoms with E-state index < -0.39 is 0 Å². The van der Waals surface area contributed by atoms with Crippen LogP contribution in [0.5, 0.6) is 0 Å². The highest BCUT2D eigenvalue weighted by atomic mass is 15.1. The Bertz CT molecular complexity index is 1130. The van der Waals surface area contributed by atoms with Gasteiger partial charge in [0.25, 0.3) is 0 Å². The second-order valence-corrected chi connectivity index (χ2v) is 7.42. The van der Waals surface area contributed by atoms with Gasteiger partial charge in [0.15, 0.2) is 5.82 Å². The van der Waals surface area contributed by atoms with Gasteiger partial charge in [-0.3, -0.25) is 0 Å². The summed E-state index contributed by atoms with van der Waals surface area (Å²) in [6.45, 7) is 8.37. The lowest BCUT2D eigenvalue weighted by Crippen LogP contribution is -2.04. The number of nitrogens with zero attached hydrogens (tertiary/aromatic N) is 3. The van der Waals surface area contributed by atoms with Crippen LogP contribution >= 0.6 is 0 Å². The van der Waals surface area contributed by atoms with E-state index in [9.17, 15) is 0 Å². The minimum atomic E-state index is 0.525. The molecule has 0 amide bonds. The molecule has 5 nitrogen and oxygen atoms in total. The van der Waals surface area contributed by atoms with Crippen molar-refractivity contribution in [3.8, 4) is 0 Å². The van der Waals surface area contributed by atoms with Gasteiger partial charge in [0.1, 0.15) is 11.3 Å². The van der Waals surface area contributed by atoms with Crippen LogP contribution < -0.4 is 11.5 Å². The molecule has 0 unspecified atom stereocenters. The summed E-state index contributed by atoms with van der Waals surface area (Å²) < 4.78 is 2.35. The largest absolute Gasteiger partial charge is 0.405 e. The molecule has 0 atom stereocenters. The van der Waals surface area contributed by atoms with Gasteiger partial charge in [-0.05, 0) is 44.0 Å². The van der Waals surface area contributed by atoms with Crippen LogP contribution in [0.4, 0.5) is 5.82 Å². The number of unbranched alkanes of at least 4 members (excludes halogenated alkanes) is 1. The number of fused-ring (bicyclic) bond motifs is 3. The number of aromatic nitrogens is 3. The fourth-order valence-electron chi connectivity index (χ4n) is 3.77. The fourth-order valence-corrected chi connectivity index (χ4v) is 3.77. The topological polar surface area (TPSA) is 82.8 Å². The number of hydrogen-bond donors (Lipinski definition) is 2. The number of anilines is 1. The quantitative estimate of drug-likeness (QED) is 0.438. The zero-order valence-corrected chi connectivity index (χ0v) is 17.9. The first-order valence-corrected chi connectivity index (χ1v) is 10.5. The molecular weight excluding hydrogens is 370 g/mol. The van der Waals surface area contributed by atoms with Gasteiger partial charge in [-0.15, -0.1) is 0 Å². The fraction of sp³-hybridized carbons (Fsp3) is 0.280. The molecule has 0 aliphatic rings. The molecule has 4 N–H and O–H groups in total. The summed E-state index contributed by atoms with van der Waals surface area (Å²) in [4.78, 5) is 9.34. The van der Waals surface area contributed by atoms with Crippen molar-refractivity contribution in [1.29, 1.82) is 0 Å². The van der Waals surface area contributed by atoms with Gasteiger partial charge >= 0.3 is 0 Å². The van der Waals surface area contributed by atoms with Gasteiger partial charge in [0.2, 0.25) is 0 Å². The number of nitrogen functional groups attached to an aromatic ring is 1. The standard InChI is InChI=1S/C23H26N4.C2H5N/c1-3-20-26-21-22(18-9-4-5-10-19(18)25-23(21)24)27(20)15-7-6-8-17-13-11-16(2)12-14-17;1-2-3/h4-5,9-14H,3,6-8,15H2,1-2H3,(H2,24,25);2H,1,3H2. The van der Waals surface area contributed by atoms with E-state index in [1.54, 1.807) is 0 Å². The Hall–Kier alpha value is -3.34. The van der Waals surface area contributed by atoms with E-state index in [0.29, 0.717) is 5.82 Å². The predicted octanol–water partition coefficient (Wildman–Crippen LogP) is 5.15. The molecule has 30 heavy (non-hydrogen) atoms. The van der Waals surface area contributed by atoms with Crippen LogP contribution in [0.3, 0.4) is 0 Å². The molecule has 2 heterocycles. The van der Waals surface area contributed by atoms with Crippen LogP contribution in [0.2, 0.25) is 0 Å². The Morgan fingerprint density at radius 2 is 1.73 bits per heavy atom. The molecule has 4 rings (SSSR count). The molecular formula is C25H31N5. The lowest BCUT2D eigenvalue weighted by molar-refractivity contribution is 0.601.